The van der Waals surface area contributed by atoms with Crippen LogP contribution in [0.2, 0.25) is 0 Å². The Morgan fingerprint density at radius 3 is 2.89 bits per heavy atom. The molecular weight excluding hydrogens is 444 g/mol. The average molecular weight is 459 g/mol. The molecule has 2 aromatic carbocycles. The minimum absolute atomic E-state index is 0.388. The van der Waals surface area contributed by atoms with Gasteiger partial charge in [-0.05, 0) is 58.8 Å². The highest BCUT2D eigenvalue weighted by Gasteiger charge is 2.15. The van der Waals surface area contributed by atoms with Crippen LogP contribution >= 0.6 is 27.7 Å². The Bertz CT molecular complexity index is 1220. The number of halogens is 1. The van der Waals surface area contributed by atoms with Crippen molar-refractivity contribution in [1.82, 2.24) is 20.2 Å². The molecule has 0 bridgehead atoms. The maximum absolute atomic E-state index is 11.9. The zero-order valence-corrected chi connectivity index (χ0v) is 17.5. The van der Waals surface area contributed by atoms with Crippen LogP contribution in [0.1, 0.15) is 11.1 Å². The van der Waals surface area contributed by atoms with Gasteiger partial charge in [-0.1, -0.05) is 33.8 Å². The van der Waals surface area contributed by atoms with Gasteiger partial charge in [0.05, 0.1) is 7.11 Å². The largest absolute Gasteiger partial charge is 0.494 e. The van der Waals surface area contributed by atoms with E-state index in [0.29, 0.717) is 22.2 Å². The van der Waals surface area contributed by atoms with E-state index in [1.54, 1.807) is 17.9 Å². The number of tetrazole rings is 1. The lowest BCUT2D eigenvalue weighted by atomic mass is 10.1. The molecule has 0 unspecified atom stereocenters. The van der Waals surface area contributed by atoms with Crippen molar-refractivity contribution in [3.63, 3.8) is 0 Å². The van der Waals surface area contributed by atoms with Gasteiger partial charge in [0.25, 0.3) is 0 Å². The number of benzene rings is 2. The molecule has 0 aliphatic carbocycles. The predicted molar refractivity (Wildman–Crippen MR) is 110 cm³/mol. The first-order valence-electron chi connectivity index (χ1n) is 8.33. The molecule has 9 heteroatoms. The predicted octanol–water partition coefficient (Wildman–Crippen LogP) is 4.14. The Morgan fingerprint density at radius 2 is 2.07 bits per heavy atom. The minimum Gasteiger partial charge on any atom is -0.494 e. The molecule has 0 spiro atoms. The van der Waals surface area contributed by atoms with Crippen LogP contribution in [0.5, 0.6) is 5.75 Å². The fraction of sp³-hybridized carbons (Fsp3) is 0.158. The van der Waals surface area contributed by atoms with Gasteiger partial charge in [0.15, 0.2) is 0 Å². The Labute approximate surface area is 172 Å². The Kier molecular flexibility index (Phi) is 5.19. The molecular formula is C19H15BrN4O3S. The van der Waals surface area contributed by atoms with E-state index in [9.17, 15) is 4.79 Å². The van der Waals surface area contributed by atoms with Gasteiger partial charge in [0, 0.05) is 21.7 Å². The second kappa shape index (κ2) is 7.76. The zero-order chi connectivity index (χ0) is 19.7. The van der Waals surface area contributed by atoms with Gasteiger partial charge < -0.3 is 9.15 Å². The SMILES string of the molecule is COc1ccc(C)cc1-n1nnnc1SCc1cc(=O)oc2cc(Br)ccc12. The molecule has 0 N–H and O–H groups in total. The average Bonchev–Trinajstić information content (AvgIpc) is 3.14. The summed E-state index contributed by atoms with van der Waals surface area (Å²) in [5.74, 6) is 1.19. The number of nitrogens with zero attached hydrogens (tertiary/aromatic N) is 4. The van der Waals surface area contributed by atoms with Crippen molar-refractivity contribution in [3.8, 4) is 11.4 Å². The molecule has 0 saturated heterocycles. The summed E-state index contributed by atoms with van der Waals surface area (Å²) in [5, 5.41) is 13.5. The highest BCUT2D eigenvalue weighted by Crippen LogP contribution is 2.30. The fourth-order valence-corrected chi connectivity index (χ4v) is 4.07. The number of rotatable bonds is 5. The van der Waals surface area contributed by atoms with E-state index in [1.807, 2.05) is 37.3 Å². The topological polar surface area (TPSA) is 83.0 Å². The molecule has 4 aromatic rings. The maximum Gasteiger partial charge on any atom is 0.336 e. The summed E-state index contributed by atoms with van der Waals surface area (Å²) >= 11 is 4.83. The third-order valence-electron chi connectivity index (χ3n) is 4.15. The van der Waals surface area contributed by atoms with Crippen LogP contribution in [0, 0.1) is 6.92 Å². The molecule has 0 fully saturated rings. The quantitative estimate of drug-likeness (QED) is 0.328. The van der Waals surface area contributed by atoms with Gasteiger partial charge in [0.2, 0.25) is 5.16 Å². The third kappa shape index (κ3) is 3.67. The molecule has 0 saturated carbocycles. The second-order valence-corrected chi connectivity index (χ2v) is 7.93. The summed E-state index contributed by atoms with van der Waals surface area (Å²) in [4.78, 5) is 11.9. The third-order valence-corrected chi connectivity index (χ3v) is 5.61. The first-order chi connectivity index (χ1) is 13.5. The normalized spacial score (nSPS) is 11.1. The first-order valence-corrected chi connectivity index (χ1v) is 10.1. The number of methoxy groups -OCH3 is 1. The van der Waals surface area contributed by atoms with E-state index in [1.165, 1.54) is 17.8 Å². The molecule has 0 amide bonds. The Morgan fingerprint density at radius 1 is 1.21 bits per heavy atom. The molecule has 7 nitrogen and oxygen atoms in total. The number of hydrogen-bond acceptors (Lipinski definition) is 7. The Hall–Kier alpha value is -2.65. The van der Waals surface area contributed by atoms with Gasteiger partial charge in [-0.3, -0.25) is 0 Å². The van der Waals surface area contributed by atoms with E-state index in [0.717, 1.165) is 26.7 Å². The molecule has 4 rings (SSSR count). The summed E-state index contributed by atoms with van der Waals surface area (Å²) in [5.41, 5.74) is 2.84. The van der Waals surface area contributed by atoms with Crippen LogP contribution in [-0.2, 0) is 5.75 Å². The molecule has 2 aromatic heterocycles. The highest BCUT2D eigenvalue weighted by atomic mass is 79.9. The number of aryl methyl sites for hydroxylation is 1. The van der Waals surface area contributed by atoms with Gasteiger partial charge in [-0.15, -0.1) is 5.10 Å². The van der Waals surface area contributed by atoms with E-state index < -0.39 is 0 Å². The van der Waals surface area contributed by atoms with Crippen LogP contribution in [0.25, 0.3) is 16.7 Å². The van der Waals surface area contributed by atoms with Crippen LogP contribution in [0.4, 0.5) is 0 Å². The highest BCUT2D eigenvalue weighted by molar-refractivity contribution is 9.10. The van der Waals surface area contributed by atoms with Crippen LogP contribution < -0.4 is 10.4 Å². The van der Waals surface area contributed by atoms with E-state index >= 15 is 0 Å². The molecule has 28 heavy (non-hydrogen) atoms. The monoisotopic (exact) mass is 458 g/mol. The number of fused-ring (bicyclic) bond motifs is 1. The van der Waals surface area contributed by atoms with Crippen molar-refractivity contribution in [3.05, 3.63) is 68.5 Å². The number of thioether (sulfide) groups is 1. The Balaban J connectivity index is 1.68. The first kappa shape index (κ1) is 18.7. The lowest BCUT2D eigenvalue weighted by Crippen LogP contribution is -2.03. The summed E-state index contributed by atoms with van der Waals surface area (Å²) < 4.78 is 13.2. The van der Waals surface area contributed by atoms with Gasteiger partial charge in [-0.2, -0.15) is 4.68 Å². The number of ether oxygens (including phenoxy) is 1. The second-order valence-electron chi connectivity index (χ2n) is 6.07. The van der Waals surface area contributed by atoms with Crippen LogP contribution in [-0.4, -0.2) is 27.3 Å². The van der Waals surface area contributed by atoms with Crippen molar-refractivity contribution in [2.75, 3.05) is 7.11 Å². The lowest BCUT2D eigenvalue weighted by Gasteiger charge is -2.10. The summed E-state index contributed by atoms with van der Waals surface area (Å²) in [7, 11) is 1.61. The summed E-state index contributed by atoms with van der Waals surface area (Å²) in [6, 6.07) is 12.9. The summed E-state index contributed by atoms with van der Waals surface area (Å²) in [6.45, 7) is 1.99. The standard InChI is InChI=1S/C19H15BrN4O3S/c1-11-3-6-16(26-2)15(7-11)24-19(21-22-23-24)28-10-12-8-18(25)27-17-9-13(20)4-5-14(12)17/h3-9H,10H2,1-2H3. The van der Waals surface area contributed by atoms with Gasteiger partial charge in [-0.25, -0.2) is 4.79 Å². The number of aromatic nitrogens is 4. The minimum atomic E-state index is -0.388. The van der Waals surface area contributed by atoms with E-state index in [-0.39, 0.29) is 5.63 Å². The van der Waals surface area contributed by atoms with Crippen LogP contribution in [0.15, 0.2) is 61.3 Å². The molecule has 0 radical (unpaired) electrons. The van der Waals surface area contributed by atoms with Gasteiger partial charge >= 0.3 is 5.63 Å². The van der Waals surface area contributed by atoms with E-state index in [2.05, 4.69) is 31.5 Å². The van der Waals surface area contributed by atoms with Crippen molar-refractivity contribution in [1.29, 1.82) is 0 Å². The molecule has 2 heterocycles. The molecule has 142 valence electrons. The van der Waals surface area contributed by atoms with Gasteiger partial charge in [0.1, 0.15) is 17.0 Å². The van der Waals surface area contributed by atoms with Crippen molar-refractivity contribution in [2.24, 2.45) is 0 Å². The molecule has 0 aliphatic heterocycles. The molecule has 0 aliphatic rings. The summed E-state index contributed by atoms with van der Waals surface area (Å²) in [6.07, 6.45) is 0. The zero-order valence-electron chi connectivity index (χ0n) is 15.0. The maximum atomic E-state index is 11.9. The van der Waals surface area contributed by atoms with E-state index in [4.69, 9.17) is 9.15 Å². The van der Waals surface area contributed by atoms with Crippen molar-refractivity contribution >= 4 is 38.7 Å². The van der Waals surface area contributed by atoms with Crippen molar-refractivity contribution < 1.29 is 9.15 Å². The smallest absolute Gasteiger partial charge is 0.336 e. The lowest BCUT2D eigenvalue weighted by molar-refractivity contribution is 0.410. The van der Waals surface area contributed by atoms with Crippen LogP contribution in [0.3, 0.4) is 0 Å². The van der Waals surface area contributed by atoms with Crippen molar-refractivity contribution in [2.45, 2.75) is 17.8 Å². The fourth-order valence-electron chi connectivity index (χ4n) is 2.85. The molecule has 0 atom stereocenters. The number of hydrogen-bond donors (Lipinski definition) is 0.